The van der Waals surface area contributed by atoms with Gasteiger partial charge in [0.25, 0.3) is 5.91 Å². The summed E-state index contributed by atoms with van der Waals surface area (Å²) in [4.78, 5) is 30.2. The molecule has 0 fully saturated rings. The Kier molecular flexibility index (Phi) is 5.76. The number of aromatic nitrogens is 1. The molecule has 0 atom stereocenters. The van der Waals surface area contributed by atoms with E-state index < -0.39 is 12.8 Å². The highest BCUT2D eigenvalue weighted by Gasteiger charge is 2.31. The summed E-state index contributed by atoms with van der Waals surface area (Å²) in [6, 6.07) is 6.41. The van der Waals surface area contributed by atoms with Crippen molar-refractivity contribution in [3.63, 3.8) is 0 Å². The third kappa shape index (κ3) is 4.85. The van der Waals surface area contributed by atoms with Gasteiger partial charge in [0, 0.05) is 30.3 Å². The van der Waals surface area contributed by atoms with E-state index in [4.69, 9.17) is 4.74 Å². The zero-order chi connectivity index (χ0) is 21.2. The number of anilines is 1. The van der Waals surface area contributed by atoms with E-state index in [1.165, 1.54) is 12.3 Å². The number of pyridine rings is 1. The number of nitrogens with zero attached hydrogens (tertiary/aromatic N) is 2. The first-order valence-corrected chi connectivity index (χ1v) is 9.04. The minimum Gasteiger partial charge on any atom is -0.484 e. The van der Waals surface area contributed by atoms with Crippen LogP contribution in [-0.4, -0.2) is 34.5 Å². The Morgan fingerprint density at radius 1 is 1.31 bits per heavy atom. The molecule has 0 radical (unpaired) electrons. The largest absolute Gasteiger partial charge is 0.484 e. The molecule has 0 aliphatic carbocycles. The standard InChI is InChI=1S/C20H20F3N3O3/c1-3-17(27)25-18-15-10-26(19(28)14(15)6-7-24-18)9-13-4-5-16(12(2)8-13)29-11-20(21,22)23/h4-8H,3,9-11H2,1-2H3,(H,24,25,27). The fraction of sp³-hybridized carbons (Fsp3) is 0.350. The smallest absolute Gasteiger partial charge is 0.422 e. The minimum atomic E-state index is -4.40. The Balaban J connectivity index is 1.73. The zero-order valence-corrected chi connectivity index (χ0v) is 16.0. The maximum Gasteiger partial charge on any atom is 0.422 e. The predicted molar refractivity (Wildman–Crippen MR) is 99.5 cm³/mol. The fourth-order valence-electron chi connectivity index (χ4n) is 3.09. The summed E-state index contributed by atoms with van der Waals surface area (Å²) in [5.41, 5.74) is 2.44. The molecule has 1 aliphatic heterocycles. The molecule has 1 aromatic heterocycles. The fourth-order valence-corrected chi connectivity index (χ4v) is 3.09. The van der Waals surface area contributed by atoms with Gasteiger partial charge in [-0.05, 0) is 30.2 Å². The number of amides is 2. The lowest BCUT2D eigenvalue weighted by atomic mass is 10.1. The molecule has 2 aromatic rings. The second-order valence-electron chi connectivity index (χ2n) is 6.75. The number of aryl methyl sites for hydroxylation is 1. The molecular formula is C20H20F3N3O3. The second-order valence-corrected chi connectivity index (χ2v) is 6.75. The van der Waals surface area contributed by atoms with Gasteiger partial charge >= 0.3 is 6.18 Å². The van der Waals surface area contributed by atoms with E-state index in [1.807, 2.05) is 0 Å². The Morgan fingerprint density at radius 3 is 2.72 bits per heavy atom. The number of alkyl halides is 3. The highest BCUT2D eigenvalue weighted by Crippen LogP contribution is 2.30. The third-order valence-corrected chi connectivity index (χ3v) is 4.51. The van der Waals surface area contributed by atoms with Crippen molar-refractivity contribution < 1.29 is 27.5 Å². The average Bonchev–Trinajstić information content (AvgIpc) is 2.97. The summed E-state index contributed by atoms with van der Waals surface area (Å²) < 4.78 is 41.8. The molecule has 3 rings (SSSR count). The Hall–Kier alpha value is -3.10. The number of hydrogen-bond donors (Lipinski definition) is 1. The molecule has 0 saturated carbocycles. The molecule has 2 heterocycles. The topological polar surface area (TPSA) is 71.5 Å². The van der Waals surface area contributed by atoms with E-state index in [1.54, 1.807) is 36.9 Å². The van der Waals surface area contributed by atoms with Crippen molar-refractivity contribution in [2.45, 2.75) is 39.5 Å². The highest BCUT2D eigenvalue weighted by atomic mass is 19.4. The van der Waals surface area contributed by atoms with Crippen molar-refractivity contribution in [3.05, 3.63) is 52.7 Å². The van der Waals surface area contributed by atoms with E-state index in [2.05, 4.69) is 10.3 Å². The minimum absolute atomic E-state index is 0.149. The van der Waals surface area contributed by atoms with Crippen LogP contribution in [-0.2, 0) is 17.9 Å². The summed E-state index contributed by atoms with van der Waals surface area (Å²) in [5, 5.41) is 2.70. The number of hydrogen-bond acceptors (Lipinski definition) is 4. The number of carbonyl (C=O) groups is 2. The van der Waals surface area contributed by atoms with Crippen LogP contribution < -0.4 is 10.1 Å². The lowest BCUT2D eigenvalue weighted by Crippen LogP contribution is -2.23. The van der Waals surface area contributed by atoms with Crippen molar-refractivity contribution in [1.29, 1.82) is 0 Å². The molecule has 0 spiro atoms. The molecule has 2 amide bonds. The van der Waals surface area contributed by atoms with Crippen LogP contribution in [0.1, 0.15) is 40.4 Å². The monoisotopic (exact) mass is 407 g/mol. The van der Waals surface area contributed by atoms with Gasteiger partial charge in [-0.15, -0.1) is 0 Å². The third-order valence-electron chi connectivity index (χ3n) is 4.51. The molecule has 0 unspecified atom stereocenters. The zero-order valence-electron chi connectivity index (χ0n) is 16.0. The SMILES string of the molecule is CCC(=O)Nc1nccc2c1CN(Cc1ccc(OCC(F)(F)F)c(C)c1)C2=O. The predicted octanol–water partition coefficient (Wildman–Crippen LogP) is 3.84. The van der Waals surface area contributed by atoms with E-state index in [-0.39, 0.29) is 30.7 Å². The van der Waals surface area contributed by atoms with Gasteiger partial charge in [-0.25, -0.2) is 4.98 Å². The van der Waals surface area contributed by atoms with E-state index >= 15 is 0 Å². The Labute approximate surface area is 165 Å². The van der Waals surface area contributed by atoms with Crippen LogP contribution in [0.15, 0.2) is 30.5 Å². The lowest BCUT2D eigenvalue weighted by Gasteiger charge is -2.17. The number of carbonyl (C=O) groups excluding carboxylic acids is 2. The van der Waals surface area contributed by atoms with Gasteiger partial charge in [0.1, 0.15) is 11.6 Å². The van der Waals surface area contributed by atoms with E-state index in [9.17, 15) is 22.8 Å². The van der Waals surface area contributed by atoms with Gasteiger partial charge in [-0.3, -0.25) is 9.59 Å². The quantitative estimate of drug-likeness (QED) is 0.790. The number of nitrogens with one attached hydrogen (secondary N) is 1. The first kappa shape index (κ1) is 20.6. The Morgan fingerprint density at radius 2 is 2.07 bits per heavy atom. The highest BCUT2D eigenvalue weighted by molar-refractivity contribution is 6.01. The van der Waals surface area contributed by atoms with Crippen molar-refractivity contribution in [2.75, 3.05) is 11.9 Å². The van der Waals surface area contributed by atoms with Gasteiger partial charge in [-0.1, -0.05) is 19.1 Å². The van der Waals surface area contributed by atoms with Crippen LogP contribution in [0.25, 0.3) is 0 Å². The maximum atomic E-state index is 12.7. The lowest BCUT2D eigenvalue weighted by molar-refractivity contribution is -0.153. The molecule has 0 saturated heterocycles. The number of ether oxygens (including phenoxy) is 1. The summed E-state index contributed by atoms with van der Waals surface area (Å²) in [5.74, 6) is 0.138. The van der Waals surface area contributed by atoms with E-state index in [0.717, 1.165) is 5.56 Å². The number of rotatable bonds is 6. The molecule has 29 heavy (non-hydrogen) atoms. The molecule has 154 valence electrons. The average molecular weight is 407 g/mol. The van der Waals surface area contributed by atoms with Gasteiger partial charge in [0.05, 0.1) is 6.54 Å². The van der Waals surface area contributed by atoms with Crippen LogP contribution in [0.3, 0.4) is 0 Å². The summed E-state index contributed by atoms with van der Waals surface area (Å²) >= 11 is 0. The van der Waals surface area contributed by atoms with Gasteiger partial charge in [0.2, 0.25) is 5.91 Å². The van der Waals surface area contributed by atoms with Crippen molar-refractivity contribution in [2.24, 2.45) is 0 Å². The van der Waals surface area contributed by atoms with Crippen LogP contribution >= 0.6 is 0 Å². The summed E-state index contributed by atoms with van der Waals surface area (Å²) in [6.45, 7) is 2.58. The van der Waals surface area contributed by atoms with Crippen molar-refractivity contribution >= 4 is 17.6 Å². The number of halogens is 3. The first-order valence-electron chi connectivity index (χ1n) is 9.04. The normalized spacial score (nSPS) is 13.4. The molecule has 9 heteroatoms. The maximum absolute atomic E-state index is 12.7. The molecular weight excluding hydrogens is 387 g/mol. The number of fused-ring (bicyclic) bond motifs is 1. The van der Waals surface area contributed by atoms with Crippen molar-refractivity contribution in [3.8, 4) is 5.75 Å². The summed E-state index contributed by atoms with van der Waals surface area (Å²) in [7, 11) is 0. The van der Waals surface area contributed by atoms with Crippen LogP contribution in [0, 0.1) is 6.92 Å². The van der Waals surface area contributed by atoms with Gasteiger partial charge in [-0.2, -0.15) is 13.2 Å². The number of benzene rings is 1. The molecule has 1 N–H and O–H groups in total. The second kappa shape index (κ2) is 8.10. The molecule has 6 nitrogen and oxygen atoms in total. The van der Waals surface area contributed by atoms with Crippen LogP contribution in [0.2, 0.25) is 0 Å². The van der Waals surface area contributed by atoms with Gasteiger partial charge in [0.15, 0.2) is 6.61 Å². The van der Waals surface area contributed by atoms with Crippen LogP contribution in [0.5, 0.6) is 5.75 Å². The summed E-state index contributed by atoms with van der Waals surface area (Å²) in [6.07, 6.45) is -2.63. The van der Waals surface area contributed by atoms with Crippen molar-refractivity contribution in [1.82, 2.24) is 9.88 Å². The van der Waals surface area contributed by atoms with Crippen LogP contribution in [0.4, 0.5) is 19.0 Å². The first-order chi connectivity index (χ1) is 13.7. The molecule has 0 bridgehead atoms. The Bertz CT molecular complexity index is 944. The molecule has 1 aromatic carbocycles. The van der Waals surface area contributed by atoms with E-state index in [0.29, 0.717) is 28.9 Å². The molecule has 1 aliphatic rings. The van der Waals surface area contributed by atoms with Gasteiger partial charge < -0.3 is 15.0 Å².